The molecule has 3 rings (SSSR count). The van der Waals surface area contributed by atoms with Gasteiger partial charge < -0.3 is 10.6 Å². The summed E-state index contributed by atoms with van der Waals surface area (Å²) in [4.78, 5) is 4.25. The lowest BCUT2D eigenvalue weighted by Gasteiger charge is -2.08. The first kappa shape index (κ1) is 15.2. The smallest absolute Gasteiger partial charge is 0.249 e. The van der Waals surface area contributed by atoms with Gasteiger partial charge in [-0.1, -0.05) is 35.9 Å². The highest BCUT2D eigenvalue weighted by molar-refractivity contribution is 6.30. The summed E-state index contributed by atoms with van der Waals surface area (Å²) in [5.74, 6) is 0.376. The first-order valence-electron chi connectivity index (χ1n) is 6.90. The lowest BCUT2D eigenvalue weighted by atomic mass is 10.2. The molecule has 2 aromatic carbocycles. The Bertz CT molecular complexity index is 794. The van der Waals surface area contributed by atoms with Crippen LogP contribution >= 0.6 is 11.6 Å². The number of rotatable bonds is 5. The molecule has 2 N–H and O–H groups in total. The number of hydrogen-bond acceptors (Lipinski definition) is 5. The maximum atomic E-state index is 13.6. The number of nitrogens with one attached hydrogen (secondary N) is 2. The Kier molecular flexibility index (Phi) is 4.63. The third-order valence-corrected chi connectivity index (χ3v) is 3.32. The molecule has 0 unspecified atom stereocenters. The van der Waals surface area contributed by atoms with Crippen LogP contribution in [0.1, 0.15) is 5.56 Å². The molecule has 0 aliphatic heterocycles. The lowest BCUT2D eigenvalue weighted by Crippen LogP contribution is -2.06. The zero-order valence-corrected chi connectivity index (χ0v) is 12.8. The molecule has 23 heavy (non-hydrogen) atoms. The van der Waals surface area contributed by atoms with Crippen molar-refractivity contribution in [3.05, 3.63) is 71.1 Å². The average Bonchev–Trinajstić information content (AvgIpc) is 2.57. The summed E-state index contributed by atoms with van der Waals surface area (Å²) in [6, 6.07) is 13.8. The third-order valence-electron chi connectivity index (χ3n) is 3.07. The van der Waals surface area contributed by atoms with Gasteiger partial charge in [0, 0.05) is 11.6 Å². The molecule has 0 aliphatic carbocycles. The van der Waals surface area contributed by atoms with Crippen molar-refractivity contribution in [3.8, 4) is 0 Å². The Labute approximate surface area is 137 Å². The molecule has 1 heterocycles. The topological polar surface area (TPSA) is 62.7 Å². The Balaban J connectivity index is 1.67. The number of anilines is 3. The first-order valence-corrected chi connectivity index (χ1v) is 7.28. The van der Waals surface area contributed by atoms with Crippen LogP contribution in [0.5, 0.6) is 0 Å². The van der Waals surface area contributed by atoms with Gasteiger partial charge in [-0.2, -0.15) is 10.1 Å². The van der Waals surface area contributed by atoms with E-state index in [2.05, 4.69) is 25.8 Å². The van der Waals surface area contributed by atoms with Crippen LogP contribution in [-0.4, -0.2) is 15.2 Å². The predicted octanol–water partition coefficient (Wildman–Crippen LogP) is 4.02. The van der Waals surface area contributed by atoms with Crippen LogP contribution in [-0.2, 0) is 6.54 Å². The number of para-hydroxylation sites is 1. The summed E-state index contributed by atoms with van der Waals surface area (Å²) in [7, 11) is 0. The van der Waals surface area contributed by atoms with Crippen molar-refractivity contribution in [1.82, 2.24) is 15.2 Å². The van der Waals surface area contributed by atoms with Crippen LogP contribution in [0.15, 0.2) is 54.7 Å². The van der Waals surface area contributed by atoms with E-state index in [-0.39, 0.29) is 11.8 Å². The summed E-state index contributed by atoms with van der Waals surface area (Å²) >= 11 is 5.85. The Morgan fingerprint density at radius 3 is 2.61 bits per heavy atom. The van der Waals surface area contributed by atoms with E-state index in [1.54, 1.807) is 18.2 Å². The van der Waals surface area contributed by atoms with E-state index in [1.807, 2.05) is 24.3 Å². The minimum atomic E-state index is -0.379. The second-order valence-corrected chi connectivity index (χ2v) is 5.19. The number of hydrogen-bond donors (Lipinski definition) is 2. The van der Waals surface area contributed by atoms with Crippen LogP contribution in [0.2, 0.25) is 5.02 Å². The molecule has 1 aromatic heterocycles. The van der Waals surface area contributed by atoms with Crippen molar-refractivity contribution < 1.29 is 4.39 Å². The molecule has 0 fully saturated rings. The van der Waals surface area contributed by atoms with Crippen molar-refractivity contribution in [3.63, 3.8) is 0 Å². The molecule has 0 atom stereocenters. The van der Waals surface area contributed by atoms with Gasteiger partial charge in [-0.25, -0.2) is 4.39 Å². The van der Waals surface area contributed by atoms with Gasteiger partial charge in [0.15, 0.2) is 5.82 Å². The first-order chi connectivity index (χ1) is 11.2. The SMILES string of the molecule is Fc1ccccc1Nc1nncc(NCc2ccc(Cl)cc2)n1. The molecule has 0 saturated carbocycles. The molecular weight excluding hydrogens is 317 g/mol. The monoisotopic (exact) mass is 329 g/mol. The second kappa shape index (κ2) is 7.02. The molecule has 0 saturated heterocycles. The Morgan fingerprint density at radius 1 is 1.04 bits per heavy atom. The van der Waals surface area contributed by atoms with E-state index < -0.39 is 0 Å². The van der Waals surface area contributed by atoms with E-state index in [4.69, 9.17) is 11.6 Å². The summed E-state index contributed by atoms with van der Waals surface area (Å²) in [5, 5.41) is 14.3. The summed E-state index contributed by atoms with van der Waals surface area (Å²) in [6.45, 7) is 0.564. The summed E-state index contributed by atoms with van der Waals surface area (Å²) < 4.78 is 13.6. The fraction of sp³-hybridized carbons (Fsp3) is 0.0625. The van der Waals surface area contributed by atoms with Crippen LogP contribution < -0.4 is 10.6 Å². The number of benzene rings is 2. The van der Waals surface area contributed by atoms with Gasteiger partial charge in [0.2, 0.25) is 5.95 Å². The maximum absolute atomic E-state index is 13.6. The second-order valence-electron chi connectivity index (χ2n) is 4.75. The number of halogens is 2. The highest BCUT2D eigenvalue weighted by Gasteiger charge is 2.05. The van der Waals surface area contributed by atoms with Gasteiger partial charge in [0.05, 0.1) is 11.9 Å². The van der Waals surface area contributed by atoms with E-state index in [9.17, 15) is 4.39 Å². The Hall–Kier alpha value is -2.73. The van der Waals surface area contributed by atoms with Gasteiger partial charge in [-0.15, -0.1) is 5.10 Å². The third kappa shape index (κ3) is 4.14. The van der Waals surface area contributed by atoms with E-state index in [0.29, 0.717) is 23.1 Å². The lowest BCUT2D eigenvalue weighted by molar-refractivity contribution is 0.631. The minimum absolute atomic E-state index is 0.219. The zero-order valence-electron chi connectivity index (χ0n) is 12.0. The highest BCUT2D eigenvalue weighted by atomic mass is 35.5. The molecule has 0 amide bonds. The quantitative estimate of drug-likeness (QED) is 0.740. The fourth-order valence-electron chi connectivity index (χ4n) is 1.92. The molecule has 0 spiro atoms. The molecular formula is C16H13ClFN5. The van der Waals surface area contributed by atoms with Gasteiger partial charge in [-0.3, -0.25) is 0 Å². The van der Waals surface area contributed by atoms with Crippen molar-refractivity contribution >= 4 is 29.1 Å². The fourth-order valence-corrected chi connectivity index (χ4v) is 2.05. The Morgan fingerprint density at radius 2 is 1.83 bits per heavy atom. The normalized spacial score (nSPS) is 10.3. The van der Waals surface area contributed by atoms with Crippen molar-refractivity contribution in [1.29, 1.82) is 0 Å². The average molecular weight is 330 g/mol. The molecule has 0 radical (unpaired) electrons. The van der Waals surface area contributed by atoms with E-state index in [1.165, 1.54) is 12.3 Å². The van der Waals surface area contributed by atoms with Crippen molar-refractivity contribution in [2.24, 2.45) is 0 Å². The van der Waals surface area contributed by atoms with Crippen LogP contribution in [0, 0.1) is 5.82 Å². The van der Waals surface area contributed by atoms with Gasteiger partial charge in [0.1, 0.15) is 5.82 Å². The molecule has 0 aliphatic rings. The summed E-state index contributed by atoms with van der Waals surface area (Å²) in [6.07, 6.45) is 1.50. The van der Waals surface area contributed by atoms with Gasteiger partial charge in [0.25, 0.3) is 0 Å². The molecule has 5 nitrogen and oxygen atoms in total. The standard InChI is InChI=1S/C16H13ClFN5/c17-12-7-5-11(6-8-12)9-19-15-10-20-23-16(22-15)21-14-4-2-1-3-13(14)18/h1-8,10H,9H2,(H2,19,21,22,23). The maximum Gasteiger partial charge on any atom is 0.249 e. The molecule has 0 bridgehead atoms. The van der Waals surface area contributed by atoms with Crippen LogP contribution in [0.4, 0.5) is 21.8 Å². The highest BCUT2D eigenvalue weighted by Crippen LogP contribution is 2.17. The molecule has 3 aromatic rings. The summed E-state index contributed by atoms with van der Waals surface area (Å²) in [5.41, 5.74) is 1.35. The van der Waals surface area contributed by atoms with Gasteiger partial charge >= 0.3 is 0 Å². The zero-order chi connectivity index (χ0) is 16.1. The van der Waals surface area contributed by atoms with Crippen molar-refractivity contribution in [2.75, 3.05) is 10.6 Å². The van der Waals surface area contributed by atoms with Crippen LogP contribution in [0.25, 0.3) is 0 Å². The van der Waals surface area contributed by atoms with Crippen LogP contribution in [0.3, 0.4) is 0 Å². The van der Waals surface area contributed by atoms with Gasteiger partial charge in [-0.05, 0) is 29.8 Å². The number of aromatic nitrogens is 3. The predicted molar refractivity (Wildman–Crippen MR) is 88.3 cm³/mol. The molecule has 116 valence electrons. The number of nitrogens with zero attached hydrogens (tertiary/aromatic N) is 3. The van der Waals surface area contributed by atoms with Crippen molar-refractivity contribution in [2.45, 2.75) is 6.54 Å². The molecule has 7 heteroatoms. The minimum Gasteiger partial charge on any atom is -0.365 e. The largest absolute Gasteiger partial charge is 0.365 e. The van der Waals surface area contributed by atoms with E-state index in [0.717, 1.165) is 5.56 Å². The van der Waals surface area contributed by atoms with E-state index >= 15 is 0 Å².